The first-order valence-corrected chi connectivity index (χ1v) is 6.52. The van der Waals surface area contributed by atoms with Gasteiger partial charge in [-0.2, -0.15) is 4.31 Å². The van der Waals surface area contributed by atoms with E-state index in [1.54, 1.807) is 26.2 Å². The van der Waals surface area contributed by atoms with Gasteiger partial charge < -0.3 is 5.32 Å². The van der Waals surface area contributed by atoms with Crippen molar-refractivity contribution in [2.24, 2.45) is 0 Å². The van der Waals surface area contributed by atoms with Gasteiger partial charge >= 0.3 is 0 Å². The van der Waals surface area contributed by atoms with Crippen molar-refractivity contribution in [2.75, 3.05) is 20.6 Å². The highest BCUT2D eigenvalue weighted by Gasteiger charge is 2.20. The summed E-state index contributed by atoms with van der Waals surface area (Å²) in [7, 11) is -0.0499. The van der Waals surface area contributed by atoms with E-state index >= 15 is 0 Å². The fourth-order valence-electron chi connectivity index (χ4n) is 1.20. The molecule has 0 aromatic carbocycles. The van der Waals surface area contributed by atoms with E-state index in [4.69, 9.17) is 0 Å². The topological polar surface area (TPSA) is 62.3 Å². The predicted octanol–water partition coefficient (Wildman–Crippen LogP) is 0.441. The third-order valence-electron chi connectivity index (χ3n) is 2.30. The second-order valence-corrected chi connectivity index (χ2v) is 5.45. The summed E-state index contributed by atoms with van der Waals surface area (Å²) in [5.41, 5.74) is 0.959. The van der Waals surface area contributed by atoms with Crippen molar-refractivity contribution in [1.29, 1.82) is 0 Å². The molecule has 1 aromatic rings. The van der Waals surface area contributed by atoms with Gasteiger partial charge in [0.15, 0.2) is 5.03 Å². The molecule has 0 saturated heterocycles. The number of nitrogens with one attached hydrogen (secondary N) is 1. The molecule has 1 N–H and O–H groups in total. The zero-order valence-electron chi connectivity index (χ0n) is 9.77. The summed E-state index contributed by atoms with van der Waals surface area (Å²) in [5, 5.41) is 3.07. The van der Waals surface area contributed by atoms with Gasteiger partial charge in [-0.1, -0.05) is 13.0 Å². The molecule has 1 aromatic heterocycles. The van der Waals surface area contributed by atoms with E-state index in [2.05, 4.69) is 10.3 Å². The Hall–Kier alpha value is -0.980. The summed E-state index contributed by atoms with van der Waals surface area (Å²) in [4.78, 5) is 3.97. The van der Waals surface area contributed by atoms with Crippen LogP contribution in [0.5, 0.6) is 0 Å². The van der Waals surface area contributed by atoms with Gasteiger partial charge in [-0.05, 0) is 18.7 Å². The molecule has 5 nitrogen and oxygen atoms in total. The Morgan fingerprint density at radius 2 is 2.12 bits per heavy atom. The molecule has 16 heavy (non-hydrogen) atoms. The van der Waals surface area contributed by atoms with E-state index in [1.165, 1.54) is 10.4 Å². The number of rotatable bonds is 5. The highest BCUT2D eigenvalue weighted by atomic mass is 32.2. The van der Waals surface area contributed by atoms with Gasteiger partial charge in [-0.15, -0.1) is 0 Å². The number of aromatic nitrogens is 1. The third kappa shape index (κ3) is 2.78. The lowest BCUT2D eigenvalue weighted by molar-refractivity contribution is 0.483. The molecule has 0 atom stereocenters. The molecule has 0 saturated carbocycles. The normalized spacial score (nSPS) is 12.0. The maximum atomic E-state index is 11.9. The quantitative estimate of drug-likeness (QED) is 0.815. The van der Waals surface area contributed by atoms with Crippen molar-refractivity contribution in [3.63, 3.8) is 0 Å². The predicted molar refractivity (Wildman–Crippen MR) is 62.5 cm³/mol. The molecule has 90 valence electrons. The molecule has 0 fully saturated rings. The van der Waals surface area contributed by atoms with Crippen LogP contribution < -0.4 is 5.32 Å². The molecule has 0 aliphatic carbocycles. The number of hydrogen-bond acceptors (Lipinski definition) is 4. The van der Waals surface area contributed by atoms with Crippen LogP contribution in [0.15, 0.2) is 23.4 Å². The van der Waals surface area contributed by atoms with Gasteiger partial charge in [-0.25, -0.2) is 13.4 Å². The summed E-state index contributed by atoms with van der Waals surface area (Å²) >= 11 is 0. The average molecular weight is 243 g/mol. The number of nitrogens with zero attached hydrogens (tertiary/aromatic N) is 2. The zero-order chi connectivity index (χ0) is 12.2. The second-order valence-electron chi connectivity index (χ2n) is 3.45. The highest BCUT2D eigenvalue weighted by molar-refractivity contribution is 7.89. The van der Waals surface area contributed by atoms with E-state index in [1.807, 2.05) is 7.05 Å². The first kappa shape index (κ1) is 13.1. The van der Waals surface area contributed by atoms with Crippen LogP contribution in [0.2, 0.25) is 0 Å². The maximum absolute atomic E-state index is 11.9. The molecule has 0 radical (unpaired) electrons. The van der Waals surface area contributed by atoms with E-state index in [0.29, 0.717) is 13.1 Å². The summed E-state index contributed by atoms with van der Waals surface area (Å²) < 4.78 is 25.0. The number of pyridine rings is 1. The lowest BCUT2D eigenvalue weighted by Gasteiger charge is -2.13. The molecule has 0 aliphatic heterocycles. The Bertz CT molecular complexity index is 428. The van der Waals surface area contributed by atoms with Crippen LogP contribution in [0.4, 0.5) is 0 Å². The molecule has 0 unspecified atom stereocenters. The van der Waals surface area contributed by atoms with E-state index < -0.39 is 10.0 Å². The second kappa shape index (κ2) is 5.38. The largest absolute Gasteiger partial charge is 0.316 e. The lowest BCUT2D eigenvalue weighted by atomic mass is 10.3. The Morgan fingerprint density at radius 3 is 2.56 bits per heavy atom. The van der Waals surface area contributed by atoms with Crippen molar-refractivity contribution in [2.45, 2.75) is 18.5 Å². The Kier molecular flexibility index (Phi) is 4.40. The minimum Gasteiger partial charge on any atom is -0.316 e. The number of sulfonamides is 1. The minimum absolute atomic E-state index is 0.0942. The smallest absolute Gasteiger partial charge is 0.260 e. The average Bonchev–Trinajstić information content (AvgIpc) is 2.29. The zero-order valence-corrected chi connectivity index (χ0v) is 10.6. The third-order valence-corrected chi connectivity index (χ3v) is 4.15. The summed E-state index contributed by atoms with van der Waals surface area (Å²) in [6, 6.07) is 3.30. The fourth-order valence-corrected chi connectivity index (χ4v) is 2.29. The van der Waals surface area contributed by atoms with Crippen molar-refractivity contribution >= 4 is 10.0 Å². The molecular weight excluding hydrogens is 226 g/mol. The van der Waals surface area contributed by atoms with Crippen LogP contribution in [0.1, 0.15) is 12.5 Å². The molecule has 0 amide bonds. The van der Waals surface area contributed by atoms with Crippen LogP contribution in [0.3, 0.4) is 0 Å². The van der Waals surface area contributed by atoms with E-state index in [0.717, 1.165) is 5.56 Å². The van der Waals surface area contributed by atoms with Gasteiger partial charge in [-0.3, -0.25) is 0 Å². The summed E-state index contributed by atoms with van der Waals surface area (Å²) in [6.45, 7) is 2.89. The monoisotopic (exact) mass is 243 g/mol. The molecule has 1 heterocycles. The lowest BCUT2D eigenvalue weighted by Crippen LogP contribution is -2.27. The summed E-state index contributed by atoms with van der Waals surface area (Å²) in [5.74, 6) is 0. The van der Waals surface area contributed by atoms with E-state index in [-0.39, 0.29) is 5.03 Å². The molecule has 0 aliphatic rings. The first-order valence-electron chi connectivity index (χ1n) is 5.08. The van der Waals surface area contributed by atoms with Gasteiger partial charge in [0.2, 0.25) is 0 Å². The van der Waals surface area contributed by atoms with Crippen molar-refractivity contribution in [3.8, 4) is 0 Å². The minimum atomic E-state index is -3.42. The molecule has 0 spiro atoms. The number of hydrogen-bond donors (Lipinski definition) is 1. The Labute approximate surface area is 96.5 Å². The Morgan fingerprint density at radius 1 is 1.44 bits per heavy atom. The highest BCUT2D eigenvalue weighted by Crippen LogP contribution is 2.11. The molecule has 1 rings (SSSR count). The standard InChI is InChI=1S/C10H17N3O2S/c1-4-13(3)16(14,15)10-6-5-9(7-11-2)8-12-10/h5-6,8,11H,4,7H2,1-3H3. The molecular formula is C10H17N3O2S. The van der Waals surface area contributed by atoms with Gasteiger partial charge in [0.25, 0.3) is 10.0 Å². The van der Waals surface area contributed by atoms with Crippen LogP contribution in [-0.2, 0) is 16.6 Å². The molecule has 6 heteroatoms. The van der Waals surface area contributed by atoms with Crippen molar-refractivity contribution in [1.82, 2.24) is 14.6 Å². The first-order chi connectivity index (χ1) is 7.52. The van der Waals surface area contributed by atoms with E-state index in [9.17, 15) is 8.42 Å². The van der Waals surface area contributed by atoms with Crippen molar-refractivity contribution in [3.05, 3.63) is 23.9 Å². The van der Waals surface area contributed by atoms with Gasteiger partial charge in [0, 0.05) is 26.3 Å². The van der Waals surface area contributed by atoms with Gasteiger partial charge in [0.05, 0.1) is 0 Å². The van der Waals surface area contributed by atoms with Crippen LogP contribution >= 0.6 is 0 Å². The van der Waals surface area contributed by atoms with Crippen LogP contribution in [-0.4, -0.2) is 38.3 Å². The maximum Gasteiger partial charge on any atom is 0.260 e. The Balaban J connectivity index is 2.97. The summed E-state index contributed by atoms with van der Waals surface area (Å²) in [6.07, 6.45) is 1.58. The fraction of sp³-hybridized carbons (Fsp3) is 0.500. The van der Waals surface area contributed by atoms with Gasteiger partial charge in [0.1, 0.15) is 0 Å². The SMILES string of the molecule is CCN(C)S(=O)(=O)c1ccc(CNC)cn1. The molecule has 0 bridgehead atoms. The van der Waals surface area contributed by atoms with Crippen LogP contribution in [0, 0.1) is 0 Å². The van der Waals surface area contributed by atoms with Crippen molar-refractivity contribution < 1.29 is 8.42 Å². The van der Waals surface area contributed by atoms with Crippen LogP contribution in [0.25, 0.3) is 0 Å².